The van der Waals surface area contributed by atoms with Crippen LogP contribution in [0.15, 0.2) is 6.07 Å². The first-order valence-corrected chi connectivity index (χ1v) is 13.4. The first-order chi connectivity index (χ1) is 13.9. The normalized spacial score (nSPS) is 39.4. The van der Waals surface area contributed by atoms with E-state index in [0.29, 0.717) is 24.1 Å². The zero-order chi connectivity index (χ0) is 21.5. The summed E-state index contributed by atoms with van der Waals surface area (Å²) in [4.78, 5) is 13.4. The van der Waals surface area contributed by atoms with E-state index in [-0.39, 0.29) is 33.7 Å². The molecule has 4 saturated carbocycles. The van der Waals surface area contributed by atoms with Crippen molar-refractivity contribution in [2.45, 2.75) is 82.0 Å². The number of nitrogens with one attached hydrogen (secondary N) is 1. The summed E-state index contributed by atoms with van der Waals surface area (Å²) in [7, 11) is -3.05. The monoisotopic (exact) mass is 453 g/mol. The van der Waals surface area contributed by atoms with Crippen LogP contribution in [0, 0.1) is 17.3 Å². The molecule has 1 aliphatic heterocycles. The van der Waals surface area contributed by atoms with Crippen LogP contribution in [0.5, 0.6) is 0 Å². The smallest absolute Gasteiger partial charge is 0.231 e. The van der Waals surface area contributed by atoms with Crippen molar-refractivity contribution in [1.82, 2.24) is 9.78 Å². The predicted molar refractivity (Wildman–Crippen MR) is 118 cm³/mol. The molecule has 1 aromatic rings. The number of sulfone groups is 1. The first kappa shape index (κ1) is 20.8. The van der Waals surface area contributed by atoms with E-state index in [1.807, 2.05) is 6.07 Å². The summed E-state index contributed by atoms with van der Waals surface area (Å²) in [5.41, 5.74) is 0.273. The molecule has 5 fully saturated rings. The molecule has 0 aromatic carbocycles. The van der Waals surface area contributed by atoms with Crippen molar-refractivity contribution in [3.63, 3.8) is 0 Å². The third-order valence-electron chi connectivity index (χ3n) is 7.77. The molecule has 166 valence electrons. The van der Waals surface area contributed by atoms with E-state index in [1.165, 1.54) is 6.42 Å². The lowest BCUT2D eigenvalue weighted by atomic mass is 9.49. The number of halogens is 1. The van der Waals surface area contributed by atoms with Gasteiger partial charge in [0.1, 0.15) is 5.82 Å². The third kappa shape index (κ3) is 3.50. The third-order valence-corrected chi connectivity index (χ3v) is 9.96. The standard InChI is InChI=1S/C22H32ClN3O3S/c1-20(2,3)17-7-18(26(25-17)16-4-5-30(28,29)12-16)24-19(27)21-8-14-6-15(9-21)11-22(23,10-14)13-21/h7,14-16H,4-6,8-13H2,1-3H3,(H,24,27)/t14-,15-,16-,21?,22?/m1/s1. The molecule has 30 heavy (non-hydrogen) atoms. The van der Waals surface area contributed by atoms with Crippen molar-refractivity contribution < 1.29 is 13.2 Å². The minimum absolute atomic E-state index is 0.0455. The number of anilines is 1. The molecular weight excluding hydrogens is 422 g/mol. The molecule has 6 rings (SSSR count). The van der Waals surface area contributed by atoms with Gasteiger partial charge < -0.3 is 5.32 Å². The van der Waals surface area contributed by atoms with E-state index in [9.17, 15) is 13.2 Å². The number of aromatic nitrogens is 2. The summed E-state index contributed by atoms with van der Waals surface area (Å²) in [6.45, 7) is 6.23. The van der Waals surface area contributed by atoms with Crippen LogP contribution < -0.4 is 5.32 Å². The van der Waals surface area contributed by atoms with Crippen molar-refractivity contribution in [2.75, 3.05) is 16.8 Å². The predicted octanol–water partition coefficient (Wildman–Crippen LogP) is 4.06. The molecule has 5 aliphatic rings. The molecular formula is C22H32ClN3O3S. The molecule has 1 N–H and O–H groups in total. The van der Waals surface area contributed by atoms with Crippen LogP contribution in [0.1, 0.15) is 77.5 Å². The summed E-state index contributed by atoms with van der Waals surface area (Å²) in [5, 5.41) is 7.94. The number of hydrogen-bond acceptors (Lipinski definition) is 4. The maximum absolute atomic E-state index is 13.6. The number of carbonyl (C=O) groups is 1. The van der Waals surface area contributed by atoms with Crippen LogP contribution in [-0.2, 0) is 20.0 Å². The van der Waals surface area contributed by atoms with Crippen LogP contribution in [0.3, 0.4) is 0 Å². The van der Waals surface area contributed by atoms with Crippen LogP contribution in [0.4, 0.5) is 5.82 Å². The molecule has 6 nitrogen and oxygen atoms in total. The lowest BCUT2D eigenvalue weighted by Gasteiger charge is -2.59. The lowest BCUT2D eigenvalue weighted by Crippen LogP contribution is -2.57. The molecule has 2 heterocycles. The molecule has 3 atom stereocenters. The maximum atomic E-state index is 13.6. The molecule has 4 bridgehead atoms. The van der Waals surface area contributed by atoms with E-state index in [1.54, 1.807) is 4.68 Å². The Morgan fingerprint density at radius 2 is 1.90 bits per heavy atom. The highest BCUT2D eigenvalue weighted by Gasteiger charge is 2.60. The van der Waals surface area contributed by atoms with Crippen LogP contribution in [-0.4, -0.2) is 40.5 Å². The number of alkyl halides is 1. The SMILES string of the molecule is CC(C)(C)c1cc(NC(=O)C23C[C@H]4C[C@@H](CC(Cl)(C4)C2)C3)n([C@@H]2CCS(=O)(=O)C2)n1. The highest BCUT2D eigenvalue weighted by molar-refractivity contribution is 7.91. The first-order valence-electron chi connectivity index (χ1n) is 11.2. The van der Waals surface area contributed by atoms with Crippen molar-refractivity contribution >= 4 is 33.2 Å². The number of rotatable bonds is 3. The van der Waals surface area contributed by atoms with Crippen LogP contribution >= 0.6 is 11.6 Å². The van der Waals surface area contributed by atoms with E-state index in [4.69, 9.17) is 16.7 Å². The highest BCUT2D eigenvalue weighted by atomic mass is 35.5. The second kappa shape index (κ2) is 6.47. The Balaban J connectivity index is 1.46. The average molecular weight is 454 g/mol. The number of carbonyl (C=O) groups excluding carboxylic acids is 1. The van der Waals surface area contributed by atoms with E-state index in [0.717, 1.165) is 37.8 Å². The zero-order valence-corrected chi connectivity index (χ0v) is 19.7. The molecule has 1 amide bonds. The Bertz CT molecular complexity index is 980. The van der Waals surface area contributed by atoms with Gasteiger partial charge in [-0.25, -0.2) is 13.1 Å². The molecule has 0 unspecified atom stereocenters. The Labute approximate surface area is 184 Å². The molecule has 1 aromatic heterocycles. The summed E-state index contributed by atoms with van der Waals surface area (Å²) in [5.74, 6) is 2.03. The van der Waals surface area contributed by atoms with Gasteiger partial charge in [0.25, 0.3) is 0 Å². The molecule has 4 aliphatic carbocycles. The van der Waals surface area contributed by atoms with Gasteiger partial charge in [-0.3, -0.25) is 4.79 Å². The summed E-state index contributed by atoms with van der Waals surface area (Å²) < 4.78 is 25.9. The van der Waals surface area contributed by atoms with Gasteiger partial charge in [0.15, 0.2) is 9.84 Å². The fourth-order valence-corrected chi connectivity index (χ4v) is 9.15. The molecule has 8 heteroatoms. The minimum Gasteiger partial charge on any atom is -0.310 e. The van der Waals surface area contributed by atoms with Gasteiger partial charge in [0, 0.05) is 16.4 Å². The van der Waals surface area contributed by atoms with E-state index < -0.39 is 15.3 Å². The fourth-order valence-electron chi connectivity index (χ4n) is 6.77. The van der Waals surface area contributed by atoms with Crippen molar-refractivity contribution in [2.24, 2.45) is 17.3 Å². The van der Waals surface area contributed by atoms with Gasteiger partial charge in [-0.15, -0.1) is 11.6 Å². The van der Waals surface area contributed by atoms with Gasteiger partial charge in [-0.2, -0.15) is 5.10 Å². The number of amides is 1. The van der Waals surface area contributed by atoms with Gasteiger partial charge in [0.2, 0.25) is 5.91 Å². The quantitative estimate of drug-likeness (QED) is 0.700. The van der Waals surface area contributed by atoms with Crippen molar-refractivity contribution in [3.05, 3.63) is 11.8 Å². The maximum Gasteiger partial charge on any atom is 0.231 e. The van der Waals surface area contributed by atoms with Crippen LogP contribution in [0.25, 0.3) is 0 Å². The van der Waals surface area contributed by atoms with Crippen molar-refractivity contribution in [3.8, 4) is 0 Å². The highest BCUT2D eigenvalue weighted by Crippen LogP contribution is 2.64. The minimum atomic E-state index is -3.05. The number of hydrogen-bond donors (Lipinski definition) is 1. The number of nitrogens with zero attached hydrogens (tertiary/aromatic N) is 2. The van der Waals surface area contributed by atoms with Crippen LogP contribution in [0.2, 0.25) is 0 Å². The summed E-state index contributed by atoms with van der Waals surface area (Å²) in [6, 6.07) is 1.71. The summed E-state index contributed by atoms with van der Waals surface area (Å²) >= 11 is 6.93. The lowest BCUT2D eigenvalue weighted by molar-refractivity contribution is -0.138. The topological polar surface area (TPSA) is 81.1 Å². The molecule has 1 saturated heterocycles. The van der Waals surface area contributed by atoms with E-state index >= 15 is 0 Å². The van der Waals surface area contributed by atoms with Gasteiger partial charge in [0.05, 0.1) is 28.7 Å². The van der Waals surface area contributed by atoms with Crippen molar-refractivity contribution in [1.29, 1.82) is 0 Å². The molecule has 0 spiro atoms. The Morgan fingerprint density at radius 1 is 1.23 bits per heavy atom. The fraction of sp³-hybridized carbons (Fsp3) is 0.818. The second-order valence-electron chi connectivity index (χ2n) is 11.5. The largest absolute Gasteiger partial charge is 0.310 e. The molecule has 0 radical (unpaired) electrons. The van der Waals surface area contributed by atoms with E-state index in [2.05, 4.69) is 26.1 Å². The van der Waals surface area contributed by atoms with Gasteiger partial charge >= 0.3 is 0 Å². The van der Waals surface area contributed by atoms with Gasteiger partial charge in [-0.05, 0) is 56.8 Å². The van der Waals surface area contributed by atoms with Gasteiger partial charge in [-0.1, -0.05) is 20.8 Å². The zero-order valence-electron chi connectivity index (χ0n) is 18.1. The Morgan fingerprint density at radius 3 is 2.43 bits per heavy atom. The Kier molecular flexibility index (Phi) is 4.49. The second-order valence-corrected chi connectivity index (χ2v) is 14.5. The Hall–Kier alpha value is -1.08. The summed E-state index contributed by atoms with van der Waals surface area (Å²) in [6.07, 6.45) is 6.40. The average Bonchev–Trinajstić information content (AvgIpc) is 3.15.